The molecule has 160 valence electrons. The maximum Gasteiger partial charge on any atom is 0.276 e. The van der Waals surface area contributed by atoms with Gasteiger partial charge in [0.1, 0.15) is 18.1 Å². The fourth-order valence-corrected chi connectivity index (χ4v) is 3.00. The molecule has 1 atom stereocenters. The van der Waals surface area contributed by atoms with Crippen molar-refractivity contribution < 1.29 is 23.8 Å². The van der Waals surface area contributed by atoms with Crippen LogP contribution in [0.25, 0.3) is 0 Å². The van der Waals surface area contributed by atoms with Crippen LogP contribution in [0.1, 0.15) is 48.5 Å². The van der Waals surface area contributed by atoms with E-state index >= 15 is 0 Å². The van der Waals surface area contributed by atoms with Crippen molar-refractivity contribution in [3.05, 3.63) is 59.7 Å². The van der Waals surface area contributed by atoms with Crippen molar-refractivity contribution in [3.63, 3.8) is 0 Å². The number of hydrogen-bond donors (Lipinski definition) is 2. The Kier molecular flexibility index (Phi) is 7.68. The van der Waals surface area contributed by atoms with Crippen LogP contribution in [-0.2, 0) is 9.53 Å². The standard InChI is InChI=1S/C23H28N2O5/c1-16(2)17-5-9-20(10-6-17)30-15-22(26)24-25-23(27)18-7-11-19(12-8-18)29-14-21-4-3-13-28-21/h5-12,16,21H,3-4,13-15H2,1-2H3,(H,24,26)(H,25,27). The molecule has 1 heterocycles. The van der Waals surface area contributed by atoms with Gasteiger partial charge in [-0.25, -0.2) is 0 Å². The summed E-state index contributed by atoms with van der Waals surface area (Å²) >= 11 is 0. The third-order valence-corrected chi connectivity index (χ3v) is 4.81. The number of carbonyl (C=O) groups excluding carboxylic acids is 2. The summed E-state index contributed by atoms with van der Waals surface area (Å²) in [7, 11) is 0. The molecule has 3 rings (SSSR count). The van der Waals surface area contributed by atoms with Crippen molar-refractivity contribution in [2.24, 2.45) is 0 Å². The molecule has 0 spiro atoms. The van der Waals surface area contributed by atoms with Crippen LogP contribution >= 0.6 is 0 Å². The highest BCUT2D eigenvalue weighted by molar-refractivity contribution is 5.95. The van der Waals surface area contributed by atoms with Gasteiger partial charge in [0.25, 0.3) is 11.8 Å². The summed E-state index contributed by atoms with van der Waals surface area (Å²) < 4.78 is 16.6. The molecule has 1 saturated heterocycles. The lowest BCUT2D eigenvalue weighted by molar-refractivity contribution is -0.123. The molecule has 7 nitrogen and oxygen atoms in total. The zero-order valence-corrected chi connectivity index (χ0v) is 17.4. The molecular weight excluding hydrogens is 384 g/mol. The van der Waals surface area contributed by atoms with Crippen LogP contribution in [0, 0.1) is 0 Å². The predicted molar refractivity (Wildman–Crippen MR) is 113 cm³/mol. The first-order valence-corrected chi connectivity index (χ1v) is 10.2. The smallest absolute Gasteiger partial charge is 0.276 e. The predicted octanol–water partition coefficient (Wildman–Crippen LogP) is 3.21. The van der Waals surface area contributed by atoms with Gasteiger partial charge in [0, 0.05) is 12.2 Å². The highest BCUT2D eigenvalue weighted by Gasteiger charge is 2.16. The van der Waals surface area contributed by atoms with Gasteiger partial charge in [-0.3, -0.25) is 20.4 Å². The zero-order chi connectivity index (χ0) is 21.3. The molecule has 30 heavy (non-hydrogen) atoms. The molecule has 0 aliphatic carbocycles. The number of amides is 2. The fraction of sp³-hybridized carbons (Fsp3) is 0.391. The van der Waals surface area contributed by atoms with E-state index in [1.165, 1.54) is 5.56 Å². The van der Waals surface area contributed by atoms with Gasteiger partial charge in [0.05, 0.1) is 6.10 Å². The number of hydrogen-bond acceptors (Lipinski definition) is 5. The van der Waals surface area contributed by atoms with E-state index in [2.05, 4.69) is 24.7 Å². The Morgan fingerprint density at radius 2 is 1.67 bits per heavy atom. The summed E-state index contributed by atoms with van der Waals surface area (Å²) in [5.41, 5.74) is 6.33. The molecule has 1 fully saturated rings. The van der Waals surface area contributed by atoms with E-state index in [-0.39, 0.29) is 12.7 Å². The van der Waals surface area contributed by atoms with E-state index < -0.39 is 11.8 Å². The van der Waals surface area contributed by atoms with Gasteiger partial charge in [-0.1, -0.05) is 26.0 Å². The van der Waals surface area contributed by atoms with Gasteiger partial charge >= 0.3 is 0 Å². The number of ether oxygens (including phenoxy) is 3. The van der Waals surface area contributed by atoms with Crippen molar-refractivity contribution in [3.8, 4) is 11.5 Å². The molecule has 0 radical (unpaired) electrons. The SMILES string of the molecule is CC(C)c1ccc(OCC(=O)NNC(=O)c2ccc(OCC3CCCO3)cc2)cc1. The van der Waals surface area contributed by atoms with Gasteiger partial charge in [-0.2, -0.15) is 0 Å². The van der Waals surface area contributed by atoms with Crippen LogP contribution in [0.4, 0.5) is 0 Å². The van der Waals surface area contributed by atoms with Crippen molar-refractivity contribution in [2.45, 2.75) is 38.7 Å². The van der Waals surface area contributed by atoms with E-state index in [1.807, 2.05) is 24.3 Å². The second-order valence-corrected chi connectivity index (χ2v) is 7.49. The molecule has 2 aromatic rings. The van der Waals surface area contributed by atoms with Crippen molar-refractivity contribution in [2.75, 3.05) is 19.8 Å². The Labute approximate surface area is 176 Å². The topological polar surface area (TPSA) is 85.9 Å². The maximum absolute atomic E-state index is 12.2. The van der Waals surface area contributed by atoms with E-state index in [0.29, 0.717) is 29.6 Å². The molecule has 2 amide bonds. The first kappa shape index (κ1) is 21.6. The molecule has 1 unspecified atom stereocenters. The molecule has 2 aromatic carbocycles. The first-order chi connectivity index (χ1) is 14.5. The second kappa shape index (κ2) is 10.6. The summed E-state index contributed by atoms with van der Waals surface area (Å²) in [5.74, 6) is 0.824. The molecule has 1 aliphatic heterocycles. The molecule has 1 aliphatic rings. The van der Waals surface area contributed by atoms with Crippen molar-refractivity contribution in [1.29, 1.82) is 0 Å². The first-order valence-electron chi connectivity index (χ1n) is 10.2. The fourth-order valence-electron chi connectivity index (χ4n) is 3.00. The van der Waals surface area contributed by atoms with Crippen LogP contribution in [0.3, 0.4) is 0 Å². The van der Waals surface area contributed by atoms with Crippen molar-refractivity contribution in [1.82, 2.24) is 10.9 Å². The summed E-state index contributed by atoms with van der Waals surface area (Å²) in [6.07, 6.45) is 2.21. The van der Waals surface area contributed by atoms with Gasteiger partial charge in [0.2, 0.25) is 0 Å². The van der Waals surface area contributed by atoms with Crippen LogP contribution < -0.4 is 20.3 Å². The number of carbonyl (C=O) groups is 2. The lowest BCUT2D eigenvalue weighted by atomic mass is 10.0. The minimum absolute atomic E-state index is 0.138. The number of hydrazine groups is 1. The van der Waals surface area contributed by atoms with Crippen LogP contribution in [0.2, 0.25) is 0 Å². The minimum atomic E-state index is -0.451. The Bertz CT molecular complexity index is 828. The lowest BCUT2D eigenvalue weighted by Gasteiger charge is -2.12. The number of nitrogens with one attached hydrogen (secondary N) is 2. The summed E-state index contributed by atoms with van der Waals surface area (Å²) in [4.78, 5) is 24.1. The van der Waals surface area contributed by atoms with Crippen LogP contribution in [0.15, 0.2) is 48.5 Å². The quantitative estimate of drug-likeness (QED) is 0.651. The van der Waals surface area contributed by atoms with E-state index in [9.17, 15) is 9.59 Å². The van der Waals surface area contributed by atoms with Crippen LogP contribution in [-0.4, -0.2) is 37.7 Å². The normalized spacial score (nSPS) is 15.6. The third-order valence-electron chi connectivity index (χ3n) is 4.81. The highest BCUT2D eigenvalue weighted by Crippen LogP contribution is 2.18. The minimum Gasteiger partial charge on any atom is -0.491 e. The molecule has 2 N–H and O–H groups in total. The molecule has 0 bridgehead atoms. The average molecular weight is 412 g/mol. The van der Waals surface area contributed by atoms with Gasteiger partial charge < -0.3 is 14.2 Å². The largest absolute Gasteiger partial charge is 0.491 e. The average Bonchev–Trinajstić information content (AvgIpc) is 3.29. The zero-order valence-electron chi connectivity index (χ0n) is 17.4. The summed E-state index contributed by atoms with van der Waals surface area (Å²) in [6, 6.07) is 14.3. The van der Waals surface area contributed by atoms with E-state index in [0.717, 1.165) is 19.4 Å². The molecule has 0 saturated carbocycles. The number of rotatable bonds is 8. The Morgan fingerprint density at radius 3 is 2.30 bits per heavy atom. The molecule has 7 heteroatoms. The van der Waals surface area contributed by atoms with Crippen molar-refractivity contribution >= 4 is 11.8 Å². The summed E-state index contributed by atoms with van der Waals surface area (Å²) in [6.45, 7) is 5.31. The van der Waals surface area contributed by atoms with Gasteiger partial charge in [0.15, 0.2) is 6.61 Å². The Hall–Kier alpha value is -3.06. The van der Waals surface area contributed by atoms with E-state index in [1.54, 1.807) is 24.3 Å². The van der Waals surface area contributed by atoms with E-state index in [4.69, 9.17) is 14.2 Å². The molecular formula is C23H28N2O5. The second-order valence-electron chi connectivity index (χ2n) is 7.49. The maximum atomic E-state index is 12.2. The van der Waals surface area contributed by atoms with Crippen LogP contribution in [0.5, 0.6) is 11.5 Å². The highest BCUT2D eigenvalue weighted by atomic mass is 16.5. The molecule has 0 aromatic heterocycles. The summed E-state index contributed by atoms with van der Waals surface area (Å²) in [5, 5.41) is 0. The van der Waals surface area contributed by atoms with Gasteiger partial charge in [-0.05, 0) is 60.7 Å². The Morgan fingerprint density at radius 1 is 1.00 bits per heavy atom. The monoisotopic (exact) mass is 412 g/mol. The lowest BCUT2D eigenvalue weighted by Crippen LogP contribution is -2.43. The Balaban J connectivity index is 1.38. The number of benzene rings is 2. The van der Waals surface area contributed by atoms with Gasteiger partial charge in [-0.15, -0.1) is 0 Å². The third kappa shape index (κ3) is 6.49.